The van der Waals surface area contributed by atoms with E-state index in [-0.39, 0.29) is 11.5 Å². The van der Waals surface area contributed by atoms with Gasteiger partial charge in [0.25, 0.3) is 5.56 Å². The van der Waals surface area contributed by atoms with Crippen LogP contribution in [-0.4, -0.2) is 48.4 Å². The maximum Gasteiger partial charge on any atom is 0.306 e. The fourth-order valence-corrected chi connectivity index (χ4v) is 2.94. The zero-order valence-corrected chi connectivity index (χ0v) is 13.5. The number of rotatable bonds is 4. The Morgan fingerprint density at radius 1 is 1.25 bits per heavy atom. The second kappa shape index (κ2) is 6.38. The summed E-state index contributed by atoms with van der Waals surface area (Å²) in [4.78, 5) is 32.6. The van der Waals surface area contributed by atoms with Crippen molar-refractivity contribution in [2.45, 2.75) is 12.8 Å². The summed E-state index contributed by atoms with van der Waals surface area (Å²) < 4.78 is 10.5. The molecule has 0 saturated carbocycles. The summed E-state index contributed by atoms with van der Waals surface area (Å²) in [5.41, 5.74) is 0.239. The molecule has 1 aromatic carbocycles. The molecule has 24 heavy (non-hydrogen) atoms. The Labute approximate surface area is 138 Å². The Bertz CT molecular complexity index is 824. The number of ether oxygens (including phenoxy) is 2. The number of H-pyrrole nitrogens is 1. The van der Waals surface area contributed by atoms with Gasteiger partial charge in [-0.25, -0.2) is 4.98 Å². The number of methoxy groups -OCH3 is 2. The van der Waals surface area contributed by atoms with Crippen LogP contribution in [0.2, 0.25) is 0 Å². The molecule has 1 aromatic heterocycles. The van der Waals surface area contributed by atoms with E-state index >= 15 is 0 Å². The minimum absolute atomic E-state index is 0.267. The molecule has 0 spiro atoms. The number of nitrogens with one attached hydrogen (secondary N) is 1. The SMILES string of the molecule is COc1cc2nc(N3CCC(C(=O)O)CC3)[nH]c(=O)c2cc1OC. The second-order valence-corrected chi connectivity index (χ2v) is 5.71. The van der Waals surface area contributed by atoms with E-state index in [2.05, 4.69) is 9.97 Å². The molecule has 2 aromatic rings. The van der Waals surface area contributed by atoms with Gasteiger partial charge in [0.1, 0.15) is 0 Å². The Morgan fingerprint density at radius 3 is 2.46 bits per heavy atom. The van der Waals surface area contributed by atoms with E-state index < -0.39 is 5.97 Å². The molecule has 128 valence electrons. The van der Waals surface area contributed by atoms with Crippen molar-refractivity contribution in [1.29, 1.82) is 0 Å². The van der Waals surface area contributed by atoms with Gasteiger partial charge in [0, 0.05) is 19.2 Å². The van der Waals surface area contributed by atoms with Crippen LogP contribution in [0.25, 0.3) is 10.9 Å². The lowest BCUT2D eigenvalue weighted by molar-refractivity contribution is -0.142. The quantitative estimate of drug-likeness (QED) is 0.867. The van der Waals surface area contributed by atoms with Crippen LogP contribution in [0.1, 0.15) is 12.8 Å². The van der Waals surface area contributed by atoms with Gasteiger partial charge < -0.3 is 19.5 Å². The number of fused-ring (bicyclic) bond motifs is 1. The zero-order chi connectivity index (χ0) is 17.3. The van der Waals surface area contributed by atoms with Crippen LogP contribution in [0.3, 0.4) is 0 Å². The molecular weight excluding hydrogens is 314 g/mol. The predicted molar refractivity (Wildman–Crippen MR) is 88.0 cm³/mol. The highest BCUT2D eigenvalue weighted by Gasteiger charge is 2.26. The van der Waals surface area contributed by atoms with Crippen LogP contribution in [0.4, 0.5) is 5.95 Å². The van der Waals surface area contributed by atoms with Crippen molar-refractivity contribution in [2.24, 2.45) is 5.92 Å². The van der Waals surface area contributed by atoms with Crippen LogP contribution in [-0.2, 0) is 4.79 Å². The average molecular weight is 333 g/mol. The van der Waals surface area contributed by atoms with Crippen molar-refractivity contribution in [3.63, 3.8) is 0 Å². The molecule has 1 aliphatic heterocycles. The molecule has 8 nitrogen and oxygen atoms in total. The fraction of sp³-hybridized carbons (Fsp3) is 0.438. The molecule has 0 aliphatic carbocycles. The van der Waals surface area contributed by atoms with Gasteiger partial charge in [0.15, 0.2) is 11.5 Å². The number of carbonyl (C=O) groups is 1. The summed E-state index contributed by atoms with van der Waals surface area (Å²) in [6, 6.07) is 3.26. The minimum Gasteiger partial charge on any atom is -0.493 e. The van der Waals surface area contributed by atoms with Crippen LogP contribution >= 0.6 is 0 Å². The largest absolute Gasteiger partial charge is 0.493 e. The fourth-order valence-electron chi connectivity index (χ4n) is 2.94. The smallest absolute Gasteiger partial charge is 0.306 e. The molecule has 1 fully saturated rings. The molecule has 3 rings (SSSR count). The summed E-state index contributed by atoms with van der Waals surface area (Å²) in [6.07, 6.45) is 1.06. The highest BCUT2D eigenvalue weighted by Crippen LogP contribution is 2.30. The molecular formula is C16H19N3O5. The number of aliphatic carboxylic acids is 1. The topological polar surface area (TPSA) is 105 Å². The standard InChI is InChI=1S/C16H19N3O5/c1-23-12-7-10-11(8-13(12)24-2)17-16(18-14(10)20)19-5-3-9(4-6-19)15(21)22/h7-9H,3-6H2,1-2H3,(H,21,22)(H,17,18,20). The van der Waals surface area contributed by atoms with Crippen molar-refractivity contribution >= 4 is 22.8 Å². The Hall–Kier alpha value is -2.77. The monoisotopic (exact) mass is 333 g/mol. The van der Waals surface area contributed by atoms with Gasteiger partial charge in [-0.1, -0.05) is 0 Å². The molecule has 2 heterocycles. The first-order valence-corrected chi connectivity index (χ1v) is 7.67. The van der Waals surface area contributed by atoms with Gasteiger partial charge in [-0.3, -0.25) is 14.6 Å². The van der Waals surface area contributed by atoms with E-state index in [1.54, 1.807) is 12.1 Å². The highest BCUT2D eigenvalue weighted by atomic mass is 16.5. The lowest BCUT2D eigenvalue weighted by Crippen LogP contribution is -2.38. The van der Waals surface area contributed by atoms with E-state index in [0.29, 0.717) is 54.3 Å². The average Bonchev–Trinajstić information content (AvgIpc) is 2.60. The number of piperidine rings is 1. The van der Waals surface area contributed by atoms with Crippen LogP contribution in [0.5, 0.6) is 11.5 Å². The molecule has 0 radical (unpaired) electrons. The van der Waals surface area contributed by atoms with E-state index in [9.17, 15) is 9.59 Å². The van der Waals surface area contributed by atoms with Gasteiger partial charge in [-0.15, -0.1) is 0 Å². The van der Waals surface area contributed by atoms with Crippen molar-refractivity contribution in [1.82, 2.24) is 9.97 Å². The normalized spacial score (nSPS) is 15.5. The maximum absolute atomic E-state index is 12.4. The molecule has 1 aliphatic rings. The first-order chi connectivity index (χ1) is 11.5. The van der Waals surface area contributed by atoms with Crippen molar-refractivity contribution in [2.75, 3.05) is 32.2 Å². The highest BCUT2D eigenvalue weighted by molar-refractivity contribution is 5.82. The van der Waals surface area contributed by atoms with E-state index in [0.717, 1.165) is 0 Å². The van der Waals surface area contributed by atoms with Gasteiger partial charge in [0.05, 0.1) is 31.0 Å². The molecule has 0 atom stereocenters. The summed E-state index contributed by atoms with van der Waals surface area (Å²) in [5, 5.41) is 9.48. The number of benzene rings is 1. The number of carboxylic acid groups (broad SMARTS) is 1. The predicted octanol–water partition coefficient (Wildman–Crippen LogP) is 1.24. The number of aromatic amines is 1. The van der Waals surface area contributed by atoms with Gasteiger partial charge in [0.2, 0.25) is 5.95 Å². The van der Waals surface area contributed by atoms with Gasteiger partial charge in [-0.2, -0.15) is 0 Å². The first-order valence-electron chi connectivity index (χ1n) is 7.67. The lowest BCUT2D eigenvalue weighted by atomic mass is 9.97. The van der Waals surface area contributed by atoms with Gasteiger partial charge in [-0.05, 0) is 18.9 Å². The number of nitrogens with zero attached hydrogens (tertiary/aromatic N) is 2. The summed E-state index contributed by atoms with van der Waals surface area (Å²) >= 11 is 0. The van der Waals surface area contributed by atoms with Crippen LogP contribution in [0.15, 0.2) is 16.9 Å². The van der Waals surface area contributed by atoms with Crippen LogP contribution in [0, 0.1) is 5.92 Å². The van der Waals surface area contributed by atoms with E-state index in [1.165, 1.54) is 14.2 Å². The molecule has 0 bridgehead atoms. The third-order valence-corrected chi connectivity index (χ3v) is 4.34. The van der Waals surface area contributed by atoms with Crippen molar-refractivity contribution in [3.05, 3.63) is 22.5 Å². The molecule has 1 saturated heterocycles. The third kappa shape index (κ3) is 2.86. The molecule has 8 heteroatoms. The van der Waals surface area contributed by atoms with Crippen LogP contribution < -0.4 is 19.9 Å². The lowest BCUT2D eigenvalue weighted by Gasteiger charge is -2.30. The number of anilines is 1. The molecule has 2 N–H and O–H groups in total. The number of hydrogen-bond donors (Lipinski definition) is 2. The first kappa shape index (κ1) is 16.1. The number of carboxylic acids is 1. The second-order valence-electron chi connectivity index (χ2n) is 5.71. The Morgan fingerprint density at radius 2 is 1.88 bits per heavy atom. The third-order valence-electron chi connectivity index (χ3n) is 4.34. The number of aromatic nitrogens is 2. The minimum atomic E-state index is -0.772. The van der Waals surface area contributed by atoms with Crippen molar-refractivity contribution < 1.29 is 19.4 Å². The number of hydrogen-bond acceptors (Lipinski definition) is 6. The van der Waals surface area contributed by atoms with E-state index in [4.69, 9.17) is 14.6 Å². The summed E-state index contributed by atoms with van der Waals surface area (Å²) in [7, 11) is 3.03. The van der Waals surface area contributed by atoms with Crippen molar-refractivity contribution in [3.8, 4) is 11.5 Å². The summed E-state index contributed by atoms with van der Waals surface area (Å²) in [5.74, 6) is 0.304. The zero-order valence-electron chi connectivity index (χ0n) is 13.5. The molecule has 0 unspecified atom stereocenters. The Balaban J connectivity index is 1.96. The molecule has 0 amide bonds. The maximum atomic E-state index is 12.4. The Kier molecular flexibility index (Phi) is 4.28. The van der Waals surface area contributed by atoms with E-state index in [1.807, 2.05) is 4.90 Å². The van der Waals surface area contributed by atoms with Gasteiger partial charge >= 0.3 is 5.97 Å². The summed E-state index contributed by atoms with van der Waals surface area (Å²) in [6.45, 7) is 1.08.